The number of aryl methyl sites for hydroxylation is 1. The zero-order valence-electron chi connectivity index (χ0n) is 33.5. The van der Waals surface area contributed by atoms with Crippen LogP contribution < -0.4 is 9.80 Å². The molecule has 0 saturated carbocycles. The van der Waals surface area contributed by atoms with Gasteiger partial charge in [0.2, 0.25) is 0 Å². The molecule has 2 heteroatoms. The Labute approximate surface area is 346 Å². The number of anilines is 5. The number of fused-ring (bicyclic) bond motifs is 11. The first-order chi connectivity index (χ1) is 29.0. The van der Waals surface area contributed by atoms with Crippen molar-refractivity contribution in [3.63, 3.8) is 0 Å². The van der Waals surface area contributed by atoms with Gasteiger partial charge in [-0.2, -0.15) is 0 Å². The van der Waals surface area contributed by atoms with Crippen LogP contribution in [0.3, 0.4) is 0 Å². The summed E-state index contributed by atoms with van der Waals surface area (Å²) >= 11 is 0. The second-order valence-electron chi connectivity index (χ2n) is 17.2. The van der Waals surface area contributed by atoms with Crippen LogP contribution in [0.15, 0.2) is 170 Å². The van der Waals surface area contributed by atoms with Crippen molar-refractivity contribution in [3.05, 3.63) is 209 Å². The van der Waals surface area contributed by atoms with Gasteiger partial charge in [0, 0.05) is 46.5 Å². The standard InChI is InChI=1S/C57H44N2/c1-57(2)51-32-37(26-29-46(51)47-30-28-42(35-52(47)57)58-31-13-17-38-14-3-10-22-53(38)58)25-27-39-34-49-45-20-8-9-21-48(45)56(36-50(49)44-19-7-6-18-43(39)44)59-54-23-11-4-15-40(54)33-41-16-5-12-24-55(41)59/h3-12,14-16,18-30,32,34-36H,13,17,31,33H2,1-2H3. The molecule has 0 amide bonds. The summed E-state index contributed by atoms with van der Waals surface area (Å²) in [5, 5.41) is 7.61. The zero-order chi connectivity index (χ0) is 39.2. The number of rotatable bonds is 4. The quantitative estimate of drug-likeness (QED) is 0.130. The van der Waals surface area contributed by atoms with Crippen LogP contribution in [-0.4, -0.2) is 6.54 Å². The molecule has 2 aliphatic heterocycles. The lowest BCUT2D eigenvalue weighted by molar-refractivity contribution is 0.659. The zero-order valence-corrected chi connectivity index (χ0v) is 33.5. The third kappa shape index (κ3) is 5.26. The Bertz CT molecular complexity index is 3170. The van der Waals surface area contributed by atoms with Gasteiger partial charge in [0.1, 0.15) is 0 Å². The Morgan fingerprint density at radius 1 is 0.458 bits per heavy atom. The van der Waals surface area contributed by atoms with Gasteiger partial charge in [0.25, 0.3) is 0 Å². The van der Waals surface area contributed by atoms with E-state index in [1.54, 1.807) is 0 Å². The van der Waals surface area contributed by atoms with Gasteiger partial charge >= 0.3 is 0 Å². The monoisotopic (exact) mass is 756 g/mol. The molecule has 59 heavy (non-hydrogen) atoms. The van der Waals surface area contributed by atoms with E-state index in [4.69, 9.17) is 0 Å². The van der Waals surface area contributed by atoms with Gasteiger partial charge in [-0.05, 0) is 132 Å². The molecule has 0 unspecified atom stereocenters. The number of nitrogens with zero attached hydrogens (tertiary/aromatic N) is 2. The fourth-order valence-electron chi connectivity index (χ4n) is 10.6. The largest absolute Gasteiger partial charge is 0.341 e. The van der Waals surface area contributed by atoms with Gasteiger partial charge in [-0.15, -0.1) is 0 Å². The molecule has 3 aliphatic rings. The van der Waals surface area contributed by atoms with Crippen LogP contribution in [0.4, 0.5) is 28.4 Å². The Hall–Kier alpha value is -6.90. The summed E-state index contributed by atoms with van der Waals surface area (Å²) in [5.41, 5.74) is 18.4. The summed E-state index contributed by atoms with van der Waals surface area (Å²) in [4.78, 5) is 5.02. The molecule has 9 aromatic rings. The summed E-state index contributed by atoms with van der Waals surface area (Å²) in [6.45, 7) is 5.85. The first-order valence-corrected chi connectivity index (χ1v) is 21.2. The van der Waals surface area contributed by atoms with E-state index in [2.05, 4.69) is 206 Å². The predicted octanol–water partition coefficient (Wildman–Crippen LogP) is 15.1. The third-order valence-corrected chi connectivity index (χ3v) is 13.5. The third-order valence-electron chi connectivity index (χ3n) is 13.5. The topological polar surface area (TPSA) is 6.48 Å². The van der Waals surface area contributed by atoms with E-state index in [1.807, 2.05) is 0 Å². The summed E-state index contributed by atoms with van der Waals surface area (Å²) in [5.74, 6) is 0. The molecule has 0 spiro atoms. The van der Waals surface area contributed by atoms with Crippen molar-refractivity contribution in [3.8, 4) is 11.1 Å². The molecule has 282 valence electrons. The SMILES string of the molecule is CC1(C)c2cc(C=Cc3cc4c5ccccc5c(N5c6ccccc6Cc6ccccc65)cc4c4ccccc34)ccc2-c2ccc(N3CCCc4ccccc43)cc21. The minimum Gasteiger partial charge on any atom is -0.341 e. The lowest BCUT2D eigenvalue weighted by Gasteiger charge is -2.34. The minimum absolute atomic E-state index is 0.110. The van der Waals surface area contributed by atoms with Gasteiger partial charge < -0.3 is 9.80 Å². The van der Waals surface area contributed by atoms with Crippen LogP contribution in [0.2, 0.25) is 0 Å². The fraction of sp³-hybridized carbons (Fsp3) is 0.123. The normalized spacial score (nSPS) is 15.0. The summed E-state index contributed by atoms with van der Waals surface area (Å²) in [7, 11) is 0. The van der Waals surface area contributed by atoms with Crippen LogP contribution in [0.1, 0.15) is 59.2 Å². The first-order valence-electron chi connectivity index (χ1n) is 21.2. The fourth-order valence-corrected chi connectivity index (χ4v) is 10.6. The maximum Gasteiger partial charge on any atom is 0.0546 e. The number of hydrogen-bond donors (Lipinski definition) is 0. The second-order valence-corrected chi connectivity index (χ2v) is 17.2. The lowest BCUT2D eigenvalue weighted by Crippen LogP contribution is -2.25. The molecule has 0 atom stereocenters. The highest BCUT2D eigenvalue weighted by Gasteiger charge is 2.36. The molecular formula is C57H44N2. The van der Waals surface area contributed by atoms with Crippen molar-refractivity contribution in [1.82, 2.24) is 0 Å². The minimum atomic E-state index is -0.110. The van der Waals surface area contributed by atoms with Crippen molar-refractivity contribution in [2.24, 2.45) is 0 Å². The van der Waals surface area contributed by atoms with Crippen molar-refractivity contribution in [1.29, 1.82) is 0 Å². The highest BCUT2D eigenvalue weighted by molar-refractivity contribution is 6.23. The molecule has 9 aromatic carbocycles. The van der Waals surface area contributed by atoms with Crippen LogP contribution in [-0.2, 0) is 18.3 Å². The summed E-state index contributed by atoms with van der Waals surface area (Å²) in [6.07, 6.45) is 7.93. The molecule has 12 rings (SSSR count). The molecule has 2 heterocycles. The molecule has 0 fully saturated rings. The van der Waals surface area contributed by atoms with Crippen LogP contribution in [0.25, 0.3) is 55.6 Å². The maximum absolute atomic E-state index is 2.52. The van der Waals surface area contributed by atoms with Gasteiger partial charge in [-0.3, -0.25) is 0 Å². The lowest BCUT2D eigenvalue weighted by atomic mass is 9.81. The molecule has 0 aromatic heterocycles. The Morgan fingerprint density at radius 3 is 1.78 bits per heavy atom. The maximum atomic E-state index is 2.52. The van der Waals surface area contributed by atoms with Crippen LogP contribution in [0, 0.1) is 0 Å². The van der Waals surface area contributed by atoms with E-state index in [0.29, 0.717) is 0 Å². The molecule has 0 N–H and O–H groups in total. The van der Waals surface area contributed by atoms with Crippen LogP contribution in [0.5, 0.6) is 0 Å². The average molecular weight is 757 g/mol. The highest BCUT2D eigenvalue weighted by atomic mass is 15.2. The molecule has 0 radical (unpaired) electrons. The van der Waals surface area contributed by atoms with Crippen LogP contribution >= 0.6 is 0 Å². The molecule has 2 nitrogen and oxygen atoms in total. The summed E-state index contributed by atoms with van der Waals surface area (Å²) in [6, 6.07) is 63.8. The average Bonchev–Trinajstić information content (AvgIpc) is 3.51. The van der Waals surface area contributed by atoms with Gasteiger partial charge in [-0.1, -0.05) is 153 Å². The number of benzene rings is 9. The number of para-hydroxylation sites is 3. The molecular weight excluding hydrogens is 713 g/mol. The Balaban J connectivity index is 0.953. The van der Waals surface area contributed by atoms with Gasteiger partial charge in [0.05, 0.1) is 5.69 Å². The van der Waals surface area contributed by atoms with E-state index in [-0.39, 0.29) is 5.41 Å². The number of hydrogen-bond acceptors (Lipinski definition) is 2. The predicted molar refractivity (Wildman–Crippen MR) is 251 cm³/mol. The van der Waals surface area contributed by atoms with Gasteiger partial charge in [0.15, 0.2) is 0 Å². The Kier molecular flexibility index (Phi) is 7.56. The van der Waals surface area contributed by atoms with Crippen molar-refractivity contribution in [2.45, 2.75) is 38.5 Å². The van der Waals surface area contributed by atoms with Crippen molar-refractivity contribution in [2.75, 3.05) is 16.3 Å². The van der Waals surface area contributed by atoms with Gasteiger partial charge in [-0.25, -0.2) is 0 Å². The van der Waals surface area contributed by atoms with E-state index in [1.165, 1.54) is 117 Å². The van der Waals surface area contributed by atoms with Crippen molar-refractivity contribution < 1.29 is 0 Å². The highest BCUT2D eigenvalue weighted by Crippen LogP contribution is 2.52. The second kappa shape index (κ2) is 13.1. The van der Waals surface area contributed by atoms with Crippen molar-refractivity contribution >= 4 is 72.9 Å². The summed E-state index contributed by atoms with van der Waals surface area (Å²) < 4.78 is 0. The first kappa shape index (κ1) is 34.2. The smallest absolute Gasteiger partial charge is 0.0546 e. The van der Waals surface area contributed by atoms with E-state index >= 15 is 0 Å². The van der Waals surface area contributed by atoms with E-state index in [0.717, 1.165) is 19.4 Å². The Morgan fingerprint density at radius 2 is 1.03 bits per heavy atom. The van der Waals surface area contributed by atoms with E-state index in [9.17, 15) is 0 Å². The molecule has 0 bridgehead atoms. The molecule has 1 aliphatic carbocycles. The molecule has 0 saturated heterocycles. The van der Waals surface area contributed by atoms with E-state index < -0.39 is 0 Å².